The summed E-state index contributed by atoms with van der Waals surface area (Å²) in [6, 6.07) is 9.11. The molecular weight excluding hydrogens is 319 g/mol. The molecule has 0 spiro atoms. The van der Waals surface area contributed by atoms with E-state index in [-0.39, 0.29) is 17.8 Å². The van der Waals surface area contributed by atoms with Gasteiger partial charge in [-0.05, 0) is 49.6 Å². The fourth-order valence-electron chi connectivity index (χ4n) is 2.94. The molecule has 1 amide bonds. The van der Waals surface area contributed by atoms with Crippen LogP contribution in [0, 0.1) is 19.7 Å². The van der Waals surface area contributed by atoms with Crippen molar-refractivity contribution in [3.8, 4) is 0 Å². The van der Waals surface area contributed by atoms with E-state index in [0.717, 1.165) is 30.2 Å². The summed E-state index contributed by atoms with van der Waals surface area (Å²) in [5.41, 5.74) is 2.50. The van der Waals surface area contributed by atoms with Gasteiger partial charge in [0.05, 0.1) is 11.7 Å². The molecule has 25 heavy (non-hydrogen) atoms. The van der Waals surface area contributed by atoms with Crippen LogP contribution in [0.3, 0.4) is 0 Å². The second kappa shape index (κ2) is 7.17. The molecule has 0 radical (unpaired) electrons. The van der Waals surface area contributed by atoms with E-state index in [1.807, 2.05) is 37.1 Å². The highest BCUT2D eigenvalue weighted by Gasteiger charge is 2.33. The Hall–Kier alpha value is -2.50. The molecule has 2 aromatic rings. The summed E-state index contributed by atoms with van der Waals surface area (Å²) in [5, 5.41) is 8.24. The highest BCUT2D eigenvalue weighted by Crippen LogP contribution is 2.21. The Morgan fingerprint density at radius 2 is 2.00 bits per heavy atom. The lowest BCUT2D eigenvalue weighted by Crippen LogP contribution is -2.60. The molecule has 3 rings (SSSR count). The molecule has 0 unspecified atom stereocenters. The first kappa shape index (κ1) is 17.3. The van der Waals surface area contributed by atoms with E-state index in [1.165, 1.54) is 6.07 Å². The molecule has 1 saturated heterocycles. The number of nitrogens with zero attached hydrogens (tertiary/aromatic N) is 4. The molecule has 2 heterocycles. The minimum atomic E-state index is -0.207. The van der Waals surface area contributed by atoms with Crippen LogP contribution in [0.4, 0.5) is 10.2 Å². The van der Waals surface area contributed by atoms with Gasteiger partial charge in [0.25, 0.3) is 0 Å². The standard InChI is InChI=1S/C19H23FN4O/c1-13-10-15(5-7-17(13)20)6-9-19(25)23(3)16-11-24(12-16)18-8-4-14(2)21-22-18/h4-5,7-8,10,16H,6,9,11-12H2,1-3H3. The lowest BCUT2D eigenvalue weighted by Gasteiger charge is -2.44. The molecule has 0 N–H and O–H groups in total. The van der Waals surface area contributed by atoms with E-state index in [2.05, 4.69) is 15.1 Å². The highest BCUT2D eigenvalue weighted by atomic mass is 19.1. The Balaban J connectivity index is 1.48. The zero-order valence-corrected chi connectivity index (χ0v) is 14.9. The number of anilines is 1. The fourth-order valence-corrected chi connectivity index (χ4v) is 2.94. The molecule has 0 atom stereocenters. The summed E-state index contributed by atoms with van der Waals surface area (Å²) in [6.45, 7) is 5.19. The first-order chi connectivity index (χ1) is 11.9. The minimum Gasteiger partial charge on any atom is -0.351 e. The second-order valence-corrected chi connectivity index (χ2v) is 6.68. The van der Waals surface area contributed by atoms with E-state index < -0.39 is 0 Å². The lowest BCUT2D eigenvalue weighted by molar-refractivity contribution is -0.132. The van der Waals surface area contributed by atoms with Crippen LogP contribution in [0.5, 0.6) is 0 Å². The highest BCUT2D eigenvalue weighted by molar-refractivity contribution is 5.77. The number of halogens is 1. The van der Waals surface area contributed by atoms with Gasteiger partial charge in [-0.3, -0.25) is 4.79 Å². The topological polar surface area (TPSA) is 49.3 Å². The number of aryl methyl sites for hydroxylation is 3. The summed E-state index contributed by atoms with van der Waals surface area (Å²) in [5.74, 6) is 0.757. The summed E-state index contributed by atoms with van der Waals surface area (Å²) >= 11 is 0. The number of carbonyl (C=O) groups excluding carboxylic acids is 1. The van der Waals surface area contributed by atoms with Crippen LogP contribution in [0.25, 0.3) is 0 Å². The van der Waals surface area contributed by atoms with Crippen LogP contribution in [-0.4, -0.2) is 47.2 Å². The number of benzene rings is 1. The Bertz CT molecular complexity index is 757. The predicted octanol–water partition coefficient (Wildman–Crippen LogP) is 2.51. The largest absolute Gasteiger partial charge is 0.351 e. The smallest absolute Gasteiger partial charge is 0.223 e. The Kier molecular flexibility index (Phi) is 4.97. The van der Waals surface area contributed by atoms with Gasteiger partial charge in [-0.25, -0.2) is 4.39 Å². The van der Waals surface area contributed by atoms with Gasteiger partial charge in [-0.15, -0.1) is 5.10 Å². The second-order valence-electron chi connectivity index (χ2n) is 6.68. The molecular formula is C19H23FN4O. The van der Waals surface area contributed by atoms with Gasteiger partial charge in [-0.1, -0.05) is 12.1 Å². The average Bonchev–Trinajstić information content (AvgIpc) is 2.56. The van der Waals surface area contributed by atoms with E-state index in [1.54, 1.807) is 13.0 Å². The first-order valence-corrected chi connectivity index (χ1v) is 8.50. The van der Waals surface area contributed by atoms with Crippen LogP contribution < -0.4 is 4.90 Å². The number of carbonyl (C=O) groups is 1. The van der Waals surface area contributed by atoms with Crippen molar-refractivity contribution in [3.05, 3.63) is 53.0 Å². The van der Waals surface area contributed by atoms with Crippen molar-refractivity contribution in [2.75, 3.05) is 25.0 Å². The van der Waals surface area contributed by atoms with E-state index in [0.29, 0.717) is 18.4 Å². The molecule has 1 aromatic heterocycles. The fraction of sp³-hybridized carbons (Fsp3) is 0.421. The van der Waals surface area contributed by atoms with Gasteiger partial charge in [0.15, 0.2) is 5.82 Å². The molecule has 132 valence electrons. The predicted molar refractivity (Wildman–Crippen MR) is 95.0 cm³/mol. The number of hydrogen-bond donors (Lipinski definition) is 0. The minimum absolute atomic E-state index is 0.113. The van der Waals surface area contributed by atoms with E-state index >= 15 is 0 Å². The third kappa shape index (κ3) is 3.95. The van der Waals surface area contributed by atoms with Gasteiger partial charge in [0.1, 0.15) is 5.82 Å². The Morgan fingerprint density at radius 1 is 1.24 bits per heavy atom. The third-order valence-electron chi connectivity index (χ3n) is 4.76. The molecule has 5 nitrogen and oxygen atoms in total. The van der Waals surface area contributed by atoms with Crippen LogP contribution in [-0.2, 0) is 11.2 Å². The number of aromatic nitrogens is 2. The Labute approximate surface area is 147 Å². The van der Waals surface area contributed by atoms with Crippen molar-refractivity contribution in [3.63, 3.8) is 0 Å². The zero-order valence-electron chi connectivity index (χ0n) is 14.9. The molecule has 0 bridgehead atoms. The molecule has 0 aliphatic carbocycles. The average molecular weight is 342 g/mol. The van der Waals surface area contributed by atoms with Crippen LogP contribution in [0.2, 0.25) is 0 Å². The summed E-state index contributed by atoms with van der Waals surface area (Å²) in [7, 11) is 1.85. The van der Waals surface area contributed by atoms with Gasteiger partial charge in [0, 0.05) is 26.6 Å². The zero-order chi connectivity index (χ0) is 18.0. The van der Waals surface area contributed by atoms with Crippen LogP contribution >= 0.6 is 0 Å². The van der Waals surface area contributed by atoms with E-state index in [9.17, 15) is 9.18 Å². The normalized spacial score (nSPS) is 14.3. The maximum atomic E-state index is 13.3. The number of rotatable bonds is 5. The quantitative estimate of drug-likeness (QED) is 0.838. The van der Waals surface area contributed by atoms with Gasteiger partial charge >= 0.3 is 0 Å². The Morgan fingerprint density at radius 3 is 2.64 bits per heavy atom. The third-order valence-corrected chi connectivity index (χ3v) is 4.76. The van der Waals surface area contributed by atoms with Crippen molar-refractivity contribution in [2.24, 2.45) is 0 Å². The van der Waals surface area contributed by atoms with Crippen LogP contribution in [0.15, 0.2) is 30.3 Å². The molecule has 1 aliphatic heterocycles. The van der Waals surface area contributed by atoms with Gasteiger partial charge in [-0.2, -0.15) is 5.10 Å². The van der Waals surface area contributed by atoms with Crippen molar-refractivity contribution >= 4 is 11.7 Å². The van der Waals surface area contributed by atoms with E-state index in [4.69, 9.17) is 0 Å². The molecule has 1 aromatic carbocycles. The van der Waals surface area contributed by atoms with Crippen molar-refractivity contribution in [1.82, 2.24) is 15.1 Å². The van der Waals surface area contributed by atoms with Crippen LogP contribution in [0.1, 0.15) is 23.2 Å². The SMILES string of the molecule is Cc1ccc(N2CC(N(C)C(=O)CCc3ccc(F)c(C)c3)C2)nn1. The van der Waals surface area contributed by atoms with Gasteiger partial charge < -0.3 is 9.80 Å². The maximum absolute atomic E-state index is 13.3. The number of amides is 1. The molecule has 0 saturated carbocycles. The summed E-state index contributed by atoms with van der Waals surface area (Å²) in [6.07, 6.45) is 1.06. The summed E-state index contributed by atoms with van der Waals surface area (Å²) < 4.78 is 13.3. The molecule has 1 fully saturated rings. The first-order valence-electron chi connectivity index (χ1n) is 8.50. The monoisotopic (exact) mass is 342 g/mol. The van der Waals surface area contributed by atoms with Crippen molar-refractivity contribution < 1.29 is 9.18 Å². The van der Waals surface area contributed by atoms with Crippen molar-refractivity contribution in [2.45, 2.75) is 32.7 Å². The van der Waals surface area contributed by atoms with Gasteiger partial charge in [0.2, 0.25) is 5.91 Å². The molecule has 1 aliphatic rings. The number of hydrogen-bond acceptors (Lipinski definition) is 4. The summed E-state index contributed by atoms with van der Waals surface area (Å²) in [4.78, 5) is 16.3. The lowest BCUT2D eigenvalue weighted by atomic mass is 10.0. The maximum Gasteiger partial charge on any atom is 0.223 e. The number of likely N-dealkylation sites (N-methyl/N-ethyl adjacent to an activating group) is 1. The molecule has 6 heteroatoms. The van der Waals surface area contributed by atoms with Crippen molar-refractivity contribution in [1.29, 1.82) is 0 Å².